The van der Waals surface area contributed by atoms with Gasteiger partial charge in [0.15, 0.2) is 0 Å². The second-order valence-electron chi connectivity index (χ2n) is 14.5. The van der Waals surface area contributed by atoms with Crippen molar-refractivity contribution in [1.82, 2.24) is 9.13 Å². The topological polar surface area (TPSA) is 9.86 Å². The van der Waals surface area contributed by atoms with Gasteiger partial charge in [-0.25, -0.2) is 0 Å². The molecule has 3 aromatic heterocycles. The van der Waals surface area contributed by atoms with Gasteiger partial charge in [-0.1, -0.05) is 133 Å². The maximum atomic E-state index is 2.50. The van der Waals surface area contributed by atoms with Crippen LogP contribution in [0.1, 0.15) is 0 Å². The summed E-state index contributed by atoms with van der Waals surface area (Å²) in [4.78, 5) is 0. The minimum Gasteiger partial charge on any atom is -0.309 e. The Morgan fingerprint density at radius 1 is 0.345 bits per heavy atom. The van der Waals surface area contributed by atoms with Crippen molar-refractivity contribution in [3.63, 3.8) is 0 Å². The minimum absolute atomic E-state index is 1.16. The molecule has 0 radical (unpaired) electrons. The van der Waals surface area contributed by atoms with Crippen LogP contribution in [0.15, 0.2) is 194 Å². The lowest BCUT2D eigenvalue weighted by atomic mass is 9.97. The number of hydrogen-bond donors (Lipinski definition) is 0. The van der Waals surface area contributed by atoms with Crippen molar-refractivity contribution in [2.75, 3.05) is 0 Å². The van der Waals surface area contributed by atoms with Crippen LogP contribution >= 0.6 is 11.3 Å². The molecule has 0 amide bonds. The second-order valence-corrected chi connectivity index (χ2v) is 15.6. The van der Waals surface area contributed by atoms with Crippen molar-refractivity contribution >= 4 is 85.9 Å². The predicted octanol–water partition coefficient (Wildman–Crippen LogP) is 14.7. The van der Waals surface area contributed by atoms with Crippen LogP contribution in [-0.2, 0) is 0 Å². The highest BCUT2D eigenvalue weighted by Crippen LogP contribution is 2.48. The summed E-state index contributed by atoms with van der Waals surface area (Å²) in [5, 5.41) is 10.2. The third-order valence-corrected chi connectivity index (χ3v) is 12.7. The van der Waals surface area contributed by atoms with Gasteiger partial charge in [0.1, 0.15) is 0 Å². The first-order valence-electron chi connectivity index (χ1n) is 18.8. The van der Waals surface area contributed by atoms with E-state index in [4.69, 9.17) is 0 Å². The Morgan fingerprint density at radius 2 is 1.00 bits per heavy atom. The minimum atomic E-state index is 1.16. The Morgan fingerprint density at radius 3 is 1.85 bits per heavy atom. The first kappa shape index (κ1) is 30.5. The van der Waals surface area contributed by atoms with Crippen molar-refractivity contribution in [3.05, 3.63) is 194 Å². The second kappa shape index (κ2) is 11.8. The Balaban J connectivity index is 1.14. The molecule has 0 aliphatic carbocycles. The van der Waals surface area contributed by atoms with Crippen LogP contribution in [-0.4, -0.2) is 9.13 Å². The number of benzene rings is 9. The predicted molar refractivity (Wildman–Crippen MR) is 236 cm³/mol. The van der Waals surface area contributed by atoms with Crippen LogP contribution < -0.4 is 0 Å². The molecule has 0 fully saturated rings. The Kier molecular flexibility index (Phi) is 6.54. The molecule has 3 heteroatoms. The Labute approximate surface area is 321 Å². The fourth-order valence-corrected chi connectivity index (χ4v) is 10.3. The molecule has 256 valence electrons. The van der Waals surface area contributed by atoms with E-state index in [0.717, 1.165) is 5.69 Å². The van der Waals surface area contributed by atoms with Gasteiger partial charge in [0, 0.05) is 58.7 Å². The molecular weight excluding hydrogens is 685 g/mol. The standard InChI is InChI=1S/C52H32N2S/c1-2-13-33(14-3-1)36-17-12-18-38(29-36)53-46-22-9-6-19-40(46)44-31-37(26-28-48(44)53)43-32-45-41-20-7-10-23-47(41)54(39-27-25-34-15-4-5-16-35(34)30-39)51(45)50-42-21-8-11-24-49(42)55-52(43)50/h1-32H. The van der Waals surface area contributed by atoms with E-state index in [-0.39, 0.29) is 0 Å². The molecule has 3 heterocycles. The van der Waals surface area contributed by atoms with Crippen LogP contribution in [0.25, 0.3) is 108 Å². The zero-order valence-electron chi connectivity index (χ0n) is 29.8. The van der Waals surface area contributed by atoms with Gasteiger partial charge in [-0.15, -0.1) is 11.3 Å². The molecule has 12 aromatic rings. The van der Waals surface area contributed by atoms with Gasteiger partial charge in [0.2, 0.25) is 0 Å². The van der Waals surface area contributed by atoms with Gasteiger partial charge in [0.25, 0.3) is 0 Å². The number of para-hydroxylation sites is 2. The van der Waals surface area contributed by atoms with Gasteiger partial charge in [-0.3, -0.25) is 0 Å². The first-order valence-corrected chi connectivity index (χ1v) is 19.7. The van der Waals surface area contributed by atoms with Gasteiger partial charge < -0.3 is 9.13 Å². The van der Waals surface area contributed by atoms with Crippen molar-refractivity contribution in [1.29, 1.82) is 0 Å². The number of rotatable bonds is 4. The summed E-state index contributed by atoms with van der Waals surface area (Å²) in [6.07, 6.45) is 0. The fraction of sp³-hybridized carbons (Fsp3) is 0. The molecule has 2 nitrogen and oxygen atoms in total. The van der Waals surface area contributed by atoms with E-state index in [1.54, 1.807) is 0 Å². The van der Waals surface area contributed by atoms with Crippen molar-refractivity contribution < 1.29 is 0 Å². The number of nitrogens with zero attached hydrogens (tertiary/aromatic N) is 2. The fourth-order valence-electron chi connectivity index (χ4n) is 9.01. The quantitative estimate of drug-likeness (QED) is 0.172. The van der Waals surface area contributed by atoms with Crippen LogP contribution in [0.2, 0.25) is 0 Å². The van der Waals surface area contributed by atoms with Crippen LogP contribution in [0.4, 0.5) is 0 Å². The third kappa shape index (κ3) is 4.54. The molecule has 0 bridgehead atoms. The first-order chi connectivity index (χ1) is 27.3. The molecule has 12 rings (SSSR count). The molecule has 55 heavy (non-hydrogen) atoms. The monoisotopic (exact) mass is 716 g/mol. The van der Waals surface area contributed by atoms with Crippen molar-refractivity contribution in [2.24, 2.45) is 0 Å². The maximum absolute atomic E-state index is 2.50. The molecule has 0 saturated heterocycles. The van der Waals surface area contributed by atoms with E-state index in [9.17, 15) is 0 Å². The highest BCUT2D eigenvalue weighted by Gasteiger charge is 2.22. The van der Waals surface area contributed by atoms with E-state index < -0.39 is 0 Å². The van der Waals surface area contributed by atoms with E-state index in [1.807, 2.05) is 11.3 Å². The summed E-state index contributed by atoms with van der Waals surface area (Å²) in [5.74, 6) is 0. The van der Waals surface area contributed by atoms with E-state index in [1.165, 1.54) is 102 Å². The third-order valence-electron chi connectivity index (χ3n) is 11.5. The van der Waals surface area contributed by atoms with Gasteiger partial charge in [0.05, 0.1) is 22.1 Å². The summed E-state index contributed by atoms with van der Waals surface area (Å²) in [6, 6.07) is 71.4. The normalized spacial score (nSPS) is 12.0. The molecule has 0 saturated carbocycles. The van der Waals surface area contributed by atoms with E-state index in [0.29, 0.717) is 0 Å². The van der Waals surface area contributed by atoms with Crippen LogP contribution in [0.5, 0.6) is 0 Å². The Hall–Kier alpha value is -6.94. The molecule has 0 atom stereocenters. The molecule has 0 aliphatic rings. The summed E-state index contributed by atoms with van der Waals surface area (Å²) in [5.41, 5.74) is 12.2. The molecule has 0 aliphatic heterocycles. The van der Waals surface area contributed by atoms with Gasteiger partial charge in [-0.2, -0.15) is 0 Å². The highest BCUT2D eigenvalue weighted by atomic mass is 32.1. The maximum Gasteiger partial charge on any atom is 0.0634 e. The lowest BCUT2D eigenvalue weighted by Gasteiger charge is -2.12. The number of aromatic nitrogens is 2. The number of fused-ring (bicyclic) bond motifs is 11. The summed E-state index contributed by atoms with van der Waals surface area (Å²) in [7, 11) is 0. The van der Waals surface area contributed by atoms with Crippen molar-refractivity contribution in [3.8, 4) is 33.6 Å². The van der Waals surface area contributed by atoms with Gasteiger partial charge in [-0.05, 0) is 88.1 Å². The average molecular weight is 717 g/mol. The zero-order chi connectivity index (χ0) is 36.0. The van der Waals surface area contributed by atoms with Crippen LogP contribution in [0.3, 0.4) is 0 Å². The molecule has 0 spiro atoms. The number of thiophene rings is 1. The average Bonchev–Trinajstić information content (AvgIpc) is 3.91. The van der Waals surface area contributed by atoms with E-state index in [2.05, 4.69) is 203 Å². The number of hydrogen-bond acceptors (Lipinski definition) is 1. The summed E-state index contributed by atoms with van der Waals surface area (Å²) in [6.45, 7) is 0. The Bertz CT molecular complexity index is 3490. The lowest BCUT2D eigenvalue weighted by molar-refractivity contribution is 1.18. The zero-order valence-corrected chi connectivity index (χ0v) is 30.6. The van der Waals surface area contributed by atoms with Crippen molar-refractivity contribution in [2.45, 2.75) is 0 Å². The molecule has 9 aromatic carbocycles. The largest absolute Gasteiger partial charge is 0.309 e. The smallest absolute Gasteiger partial charge is 0.0634 e. The highest BCUT2D eigenvalue weighted by molar-refractivity contribution is 7.26. The van der Waals surface area contributed by atoms with Gasteiger partial charge >= 0.3 is 0 Å². The lowest BCUT2D eigenvalue weighted by Crippen LogP contribution is -1.95. The van der Waals surface area contributed by atoms with Crippen LogP contribution in [0, 0.1) is 0 Å². The summed E-state index contributed by atoms with van der Waals surface area (Å²) < 4.78 is 7.55. The molecule has 0 N–H and O–H groups in total. The molecular formula is C52H32N2S. The van der Waals surface area contributed by atoms with E-state index >= 15 is 0 Å². The SMILES string of the molecule is c1ccc(-c2cccc(-n3c4ccccc4c4cc(-c5cc6c7ccccc7n(-c7ccc8ccccc8c7)c6c6c5sc5ccccc56)ccc43)c2)cc1. The molecule has 0 unspecified atom stereocenters. The summed E-state index contributed by atoms with van der Waals surface area (Å²) >= 11 is 1.91.